The molecule has 0 aliphatic carbocycles. The van der Waals surface area contributed by atoms with Crippen LogP contribution >= 0.6 is 11.6 Å². The fourth-order valence-corrected chi connectivity index (χ4v) is 2.01. The van der Waals surface area contributed by atoms with Gasteiger partial charge in [-0.3, -0.25) is 4.79 Å². The molecule has 7 heteroatoms. The van der Waals surface area contributed by atoms with E-state index < -0.39 is 5.91 Å². The molecule has 4 N–H and O–H groups in total. The van der Waals surface area contributed by atoms with E-state index in [2.05, 4.69) is 17.6 Å². The molecule has 0 bridgehead atoms. The van der Waals surface area contributed by atoms with Crippen molar-refractivity contribution in [2.45, 2.75) is 26.2 Å². The van der Waals surface area contributed by atoms with E-state index in [-0.39, 0.29) is 5.57 Å². The van der Waals surface area contributed by atoms with Crippen molar-refractivity contribution >= 4 is 28.9 Å². The van der Waals surface area contributed by atoms with E-state index in [0.717, 1.165) is 25.9 Å². The zero-order valence-electron chi connectivity index (χ0n) is 13.8. The Bertz CT molecular complexity index is 611. The number of benzene rings is 1. The molecule has 0 atom stereocenters. The number of nitriles is 1. The largest absolute Gasteiger partial charge is 0.399 e. The second-order valence-electron chi connectivity index (χ2n) is 5.14. The number of carbonyl (C=O) groups is 1. The Labute approximate surface area is 147 Å². The molecule has 0 saturated carbocycles. The summed E-state index contributed by atoms with van der Waals surface area (Å²) in [5, 5.41) is 14.9. The lowest BCUT2D eigenvalue weighted by Gasteiger charge is -2.08. The number of nitrogen functional groups attached to an aromatic ring is 1. The molecule has 1 amide bonds. The highest BCUT2D eigenvalue weighted by molar-refractivity contribution is 6.34. The maximum atomic E-state index is 12.1. The Hall–Kier alpha value is -2.23. The second-order valence-corrected chi connectivity index (χ2v) is 5.54. The van der Waals surface area contributed by atoms with Crippen LogP contribution in [-0.2, 0) is 9.53 Å². The maximum absolute atomic E-state index is 12.1. The number of hydrogen-bond donors (Lipinski definition) is 3. The summed E-state index contributed by atoms with van der Waals surface area (Å²) in [5.74, 6) is -0.532. The van der Waals surface area contributed by atoms with Gasteiger partial charge in [0.2, 0.25) is 0 Å². The molecule has 1 aromatic rings. The first-order valence-electron chi connectivity index (χ1n) is 7.86. The van der Waals surface area contributed by atoms with Crippen molar-refractivity contribution in [3.8, 4) is 6.07 Å². The summed E-state index contributed by atoms with van der Waals surface area (Å²) >= 11 is 5.99. The fourth-order valence-electron chi connectivity index (χ4n) is 1.77. The average molecular weight is 351 g/mol. The average Bonchev–Trinajstić information content (AvgIpc) is 2.56. The Morgan fingerprint density at radius 3 is 2.83 bits per heavy atom. The first-order chi connectivity index (χ1) is 11.6. The predicted octanol–water partition coefficient (Wildman–Crippen LogP) is 3.06. The maximum Gasteiger partial charge on any atom is 0.267 e. The summed E-state index contributed by atoms with van der Waals surface area (Å²) in [4.78, 5) is 12.1. The van der Waals surface area contributed by atoms with Gasteiger partial charge in [0.15, 0.2) is 0 Å². The molecular formula is C17H23ClN4O2. The van der Waals surface area contributed by atoms with Crippen LogP contribution in [0.25, 0.3) is 0 Å². The van der Waals surface area contributed by atoms with Crippen LogP contribution < -0.4 is 16.4 Å². The van der Waals surface area contributed by atoms with Gasteiger partial charge in [0, 0.05) is 31.6 Å². The van der Waals surface area contributed by atoms with Gasteiger partial charge in [-0.15, -0.1) is 0 Å². The number of rotatable bonds is 10. The van der Waals surface area contributed by atoms with Crippen molar-refractivity contribution < 1.29 is 9.53 Å². The number of anilines is 2. The smallest absolute Gasteiger partial charge is 0.267 e. The number of hydrogen-bond acceptors (Lipinski definition) is 5. The van der Waals surface area contributed by atoms with Crippen LogP contribution in [-0.4, -0.2) is 25.7 Å². The molecule has 0 unspecified atom stereocenters. The second kappa shape index (κ2) is 11.3. The summed E-state index contributed by atoms with van der Waals surface area (Å²) in [5.41, 5.74) is 6.46. The Morgan fingerprint density at radius 2 is 2.17 bits per heavy atom. The minimum Gasteiger partial charge on any atom is -0.399 e. The van der Waals surface area contributed by atoms with Crippen LogP contribution in [0.15, 0.2) is 30.0 Å². The molecule has 130 valence electrons. The summed E-state index contributed by atoms with van der Waals surface area (Å²) in [6, 6.07) is 6.60. The normalized spacial score (nSPS) is 11.0. The van der Waals surface area contributed by atoms with E-state index in [4.69, 9.17) is 27.3 Å². The van der Waals surface area contributed by atoms with Gasteiger partial charge in [-0.2, -0.15) is 5.26 Å². The van der Waals surface area contributed by atoms with Crippen molar-refractivity contribution in [1.82, 2.24) is 5.32 Å². The minimum absolute atomic E-state index is 0.0326. The molecule has 1 aromatic carbocycles. The highest BCUT2D eigenvalue weighted by atomic mass is 35.5. The van der Waals surface area contributed by atoms with E-state index in [1.54, 1.807) is 12.1 Å². The molecule has 0 aliphatic heterocycles. The van der Waals surface area contributed by atoms with Gasteiger partial charge in [-0.05, 0) is 31.0 Å². The van der Waals surface area contributed by atoms with Gasteiger partial charge in [-0.1, -0.05) is 24.9 Å². The first-order valence-corrected chi connectivity index (χ1v) is 8.24. The highest BCUT2D eigenvalue weighted by Crippen LogP contribution is 2.24. The minimum atomic E-state index is -0.532. The molecule has 1 rings (SSSR count). The lowest BCUT2D eigenvalue weighted by atomic mass is 10.2. The lowest BCUT2D eigenvalue weighted by Crippen LogP contribution is -2.18. The fraction of sp³-hybridized carbons (Fsp3) is 0.412. The van der Waals surface area contributed by atoms with E-state index in [1.807, 2.05) is 6.07 Å². The van der Waals surface area contributed by atoms with Crippen LogP contribution in [0.1, 0.15) is 26.2 Å². The molecule has 0 spiro atoms. The number of carbonyl (C=O) groups excluding carboxylic acids is 1. The molecule has 0 fully saturated rings. The molecular weight excluding hydrogens is 328 g/mol. The number of unbranched alkanes of at least 4 members (excludes halogenated alkanes) is 1. The third-order valence-electron chi connectivity index (χ3n) is 3.10. The number of nitrogens with two attached hydrogens (primary N) is 1. The summed E-state index contributed by atoms with van der Waals surface area (Å²) in [7, 11) is 0. The quantitative estimate of drug-likeness (QED) is 0.260. The van der Waals surface area contributed by atoms with Crippen molar-refractivity contribution in [1.29, 1.82) is 5.26 Å². The Balaban J connectivity index is 2.41. The van der Waals surface area contributed by atoms with Crippen LogP contribution in [0.5, 0.6) is 0 Å². The first kappa shape index (κ1) is 19.8. The zero-order chi connectivity index (χ0) is 17.8. The number of amides is 1. The highest BCUT2D eigenvalue weighted by Gasteiger charge is 2.11. The summed E-state index contributed by atoms with van der Waals surface area (Å²) in [6.07, 6.45) is 4.36. The monoisotopic (exact) mass is 350 g/mol. The Morgan fingerprint density at radius 1 is 1.42 bits per heavy atom. The molecule has 0 aromatic heterocycles. The predicted molar refractivity (Wildman–Crippen MR) is 96.5 cm³/mol. The van der Waals surface area contributed by atoms with Gasteiger partial charge < -0.3 is 21.1 Å². The van der Waals surface area contributed by atoms with E-state index in [0.29, 0.717) is 29.5 Å². The zero-order valence-corrected chi connectivity index (χ0v) is 14.5. The molecule has 0 saturated heterocycles. The van der Waals surface area contributed by atoms with Crippen molar-refractivity contribution in [2.24, 2.45) is 0 Å². The van der Waals surface area contributed by atoms with Crippen molar-refractivity contribution in [3.05, 3.63) is 35.0 Å². The topological polar surface area (TPSA) is 100 Å². The van der Waals surface area contributed by atoms with Crippen LogP contribution in [0.3, 0.4) is 0 Å². The van der Waals surface area contributed by atoms with E-state index >= 15 is 0 Å². The van der Waals surface area contributed by atoms with Gasteiger partial charge in [-0.25, -0.2) is 0 Å². The SMILES string of the molecule is CCCCOCCCN/C=C(/C#N)C(=O)Nc1ccc(N)cc1Cl. The standard InChI is InChI=1S/C17H23ClN4O2/c1-2-3-8-24-9-4-7-21-12-13(11-19)17(23)22-16-6-5-14(20)10-15(16)18/h5-6,10,12,21H,2-4,7-9,20H2,1H3,(H,22,23)/b13-12-. The summed E-state index contributed by atoms with van der Waals surface area (Å²) < 4.78 is 5.43. The molecule has 24 heavy (non-hydrogen) atoms. The van der Waals surface area contributed by atoms with E-state index in [9.17, 15) is 4.79 Å². The van der Waals surface area contributed by atoms with Crippen molar-refractivity contribution in [2.75, 3.05) is 30.8 Å². The molecule has 0 radical (unpaired) electrons. The number of nitrogens with one attached hydrogen (secondary N) is 2. The molecule has 6 nitrogen and oxygen atoms in total. The lowest BCUT2D eigenvalue weighted by molar-refractivity contribution is -0.112. The van der Waals surface area contributed by atoms with Gasteiger partial charge in [0.25, 0.3) is 5.91 Å². The van der Waals surface area contributed by atoms with Gasteiger partial charge in [0.1, 0.15) is 11.6 Å². The Kier molecular flexibility index (Phi) is 9.35. The number of nitrogens with zero attached hydrogens (tertiary/aromatic N) is 1. The number of ether oxygens (including phenoxy) is 1. The van der Waals surface area contributed by atoms with Crippen LogP contribution in [0.4, 0.5) is 11.4 Å². The number of halogens is 1. The molecule has 0 aliphatic rings. The summed E-state index contributed by atoms with van der Waals surface area (Å²) in [6.45, 7) is 4.14. The molecule has 0 heterocycles. The van der Waals surface area contributed by atoms with Crippen LogP contribution in [0.2, 0.25) is 5.02 Å². The third-order valence-corrected chi connectivity index (χ3v) is 3.42. The van der Waals surface area contributed by atoms with Crippen molar-refractivity contribution in [3.63, 3.8) is 0 Å². The third kappa shape index (κ3) is 7.36. The van der Waals surface area contributed by atoms with Gasteiger partial charge in [0.05, 0.1) is 10.7 Å². The van der Waals surface area contributed by atoms with Gasteiger partial charge >= 0.3 is 0 Å². The van der Waals surface area contributed by atoms with Crippen LogP contribution in [0, 0.1) is 11.3 Å². The van der Waals surface area contributed by atoms with E-state index in [1.165, 1.54) is 12.3 Å².